The number of aromatic nitrogens is 6. The number of nitrogen functional groups attached to an aromatic ring is 1. The lowest BCUT2D eigenvalue weighted by Crippen LogP contribution is -2.45. The van der Waals surface area contributed by atoms with Crippen LogP contribution in [0.25, 0.3) is 5.95 Å². The summed E-state index contributed by atoms with van der Waals surface area (Å²) in [6.45, 7) is 1.80. The summed E-state index contributed by atoms with van der Waals surface area (Å²) in [5, 5.41) is 4.03. The summed E-state index contributed by atoms with van der Waals surface area (Å²) in [5.74, 6) is 1.18. The molecular weight excluding hydrogens is 270 g/mol. The third-order valence-electron chi connectivity index (χ3n) is 3.66. The average Bonchev–Trinajstić information content (AvgIpc) is 3.01. The highest BCUT2D eigenvalue weighted by atomic mass is 15.4. The minimum atomic E-state index is 0.192. The summed E-state index contributed by atoms with van der Waals surface area (Å²) in [5.41, 5.74) is 5.81. The van der Waals surface area contributed by atoms with E-state index in [0.29, 0.717) is 17.9 Å². The molecule has 112 valence electrons. The molecule has 1 saturated heterocycles. The summed E-state index contributed by atoms with van der Waals surface area (Å²) in [6.07, 6.45) is 5.26. The fourth-order valence-corrected chi connectivity index (χ4v) is 2.48. The highest BCUT2D eigenvalue weighted by molar-refractivity contribution is 5.38. The number of nitrogens with zero attached hydrogens (tertiary/aromatic N) is 8. The first kappa shape index (κ1) is 13.7. The Morgan fingerprint density at radius 2 is 2.05 bits per heavy atom. The zero-order valence-corrected chi connectivity index (χ0v) is 12.2. The molecule has 0 radical (unpaired) electrons. The number of hydrogen-bond donors (Lipinski definition) is 1. The fourth-order valence-electron chi connectivity index (χ4n) is 2.48. The molecule has 1 fully saturated rings. The lowest BCUT2D eigenvalue weighted by Gasteiger charge is -2.36. The molecule has 1 aliphatic heterocycles. The first-order valence-corrected chi connectivity index (χ1v) is 6.91. The van der Waals surface area contributed by atoms with Crippen LogP contribution in [0.3, 0.4) is 0 Å². The Kier molecular flexibility index (Phi) is 3.65. The lowest BCUT2D eigenvalue weighted by molar-refractivity contribution is 0.257. The van der Waals surface area contributed by atoms with Crippen molar-refractivity contribution in [2.75, 3.05) is 37.8 Å². The Hall–Kier alpha value is -2.29. The van der Waals surface area contributed by atoms with Crippen molar-refractivity contribution in [3.63, 3.8) is 0 Å². The zero-order valence-electron chi connectivity index (χ0n) is 12.2. The standard InChI is InChI=1S/C12H19N9/c1-19(2)9-4-3-5-20(6-9)11-16-10(13)17-12(18-11)21-8-14-7-15-21/h7-9H,3-6H2,1-2H3,(H2,13,16,17,18). The van der Waals surface area contributed by atoms with E-state index in [9.17, 15) is 0 Å². The molecule has 2 aromatic rings. The second kappa shape index (κ2) is 5.60. The molecule has 2 N–H and O–H groups in total. The third kappa shape index (κ3) is 2.92. The summed E-state index contributed by atoms with van der Waals surface area (Å²) in [6, 6.07) is 0.492. The SMILES string of the molecule is CN(C)C1CCCN(c2nc(N)nc(-n3cncn3)n2)C1. The largest absolute Gasteiger partial charge is 0.368 e. The van der Waals surface area contributed by atoms with Gasteiger partial charge in [0.25, 0.3) is 5.95 Å². The van der Waals surface area contributed by atoms with Gasteiger partial charge in [-0.15, -0.1) is 0 Å². The number of piperidine rings is 1. The molecule has 0 aromatic carbocycles. The predicted octanol–water partition coefficient (Wildman–Crippen LogP) is -0.435. The molecule has 3 rings (SSSR count). The van der Waals surface area contributed by atoms with Crippen LogP contribution in [-0.4, -0.2) is 67.8 Å². The number of rotatable bonds is 3. The van der Waals surface area contributed by atoms with E-state index < -0.39 is 0 Å². The van der Waals surface area contributed by atoms with Gasteiger partial charge in [0, 0.05) is 19.1 Å². The van der Waals surface area contributed by atoms with Gasteiger partial charge in [0.1, 0.15) is 12.7 Å². The van der Waals surface area contributed by atoms with Gasteiger partial charge in [-0.25, -0.2) is 4.98 Å². The molecule has 0 spiro atoms. The van der Waals surface area contributed by atoms with Gasteiger partial charge in [0.15, 0.2) is 0 Å². The van der Waals surface area contributed by atoms with Crippen molar-refractivity contribution in [1.29, 1.82) is 0 Å². The molecule has 0 amide bonds. The van der Waals surface area contributed by atoms with Gasteiger partial charge in [0.05, 0.1) is 0 Å². The van der Waals surface area contributed by atoms with Crippen LogP contribution in [0.15, 0.2) is 12.7 Å². The average molecular weight is 289 g/mol. The smallest absolute Gasteiger partial charge is 0.258 e. The first-order valence-electron chi connectivity index (χ1n) is 6.91. The van der Waals surface area contributed by atoms with Crippen LogP contribution >= 0.6 is 0 Å². The van der Waals surface area contributed by atoms with Gasteiger partial charge in [-0.3, -0.25) is 0 Å². The predicted molar refractivity (Wildman–Crippen MR) is 78.1 cm³/mol. The first-order chi connectivity index (χ1) is 10.1. The van der Waals surface area contributed by atoms with Crippen molar-refractivity contribution in [3.05, 3.63) is 12.7 Å². The molecule has 2 aromatic heterocycles. The van der Waals surface area contributed by atoms with Crippen LogP contribution in [0.4, 0.5) is 11.9 Å². The molecule has 9 nitrogen and oxygen atoms in total. The van der Waals surface area contributed by atoms with Crippen LogP contribution in [-0.2, 0) is 0 Å². The zero-order chi connectivity index (χ0) is 14.8. The molecule has 1 atom stereocenters. The molecule has 21 heavy (non-hydrogen) atoms. The van der Waals surface area contributed by atoms with E-state index in [4.69, 9.17) is 5.73 Å². The Morgan fingerprint density at radius 3 is 2.76 bits per heavy atom. The summed E-state index contributed by atoms with van der Waals surface area (Å²) in [7, 11) is 4.19. The topological polar surface area (TPSA) is 102 Å². The van der Waals surface area contributed by atoms with E-state index in [2.05, 4.69) is 48.9 Å². The van der Waals surface area contributed by atoms with Gasteiger partial charge in [-0.05, 0) is 26.9 Å². The highest BCUT2D eigenvalue weighted by Crippen LogP contribution is 2.19. The van der Waals surface area contributed by atoms with Gasteiger partial charge in [-0.2, -0.15) is 24.7 Å². The number of likely N-dealkylation sites (N-methyl/N-ethyl adjacent to an activating group) is 1. The maximum absolute atomic E-state index is 5.81. The molecule has 0 bridgehead atoms. The van der Waals surface area contributed by atoms with E-state index in [0.717, 1.165) is 19.5 Å². The summed E-state index contributed by atoms with van der Waals surface area (Å²) >= 11 is 0. The Morgan fingerprint density at radius 1 is 1.24 bits per heavy atom. The molecule has 1 aliphatic rings. The third-order valence-corrected chi connectivity index (χ3v) is 3.66. The van der Waals surface area contributed by atoms with Gasteiger partial charge in [0.2, 0.25) is 11.9 Å². The Balaban J connectivity index is 1.88. The van der Waals surface area contributed by atoms with Crippen LogP contribution in [0.5, 0.6) is 0 Å². The summed E-state index contributed by atoms with van der Waals surface area (Å²) in [4.78, 5) is 21.1. The maximum atomic E-state index is 5.81. The van der Waals surface area contributed by atoms with Crippen LogP contribution < -0.4 is 10.6 Å². The molecular formula is C12H19N9. The number of nitrogens with two attached hydrogens (primary N) is 1. The van der Waals surface area contributed by atoms with Gasteiger partial charge < -0.3 is 15.5 Å². The minimum absolute atomic E-state index is 0.192. The minimum Gasteiger partial charge on any atom is -0.368 e. The fraction of sp³-hybridized carbons (Fsp3) is 0.583. The van der Waals surface area contributed by atoms with E-state index in [1.807, 2.05) is 0 Å². The van der Waals surface area contributed by atoms with Gasteiger partial charge >= 0.3 is 0 Å². The quantitative estimate of drug-likeness (QED) is 0.811. The van der Waals surface area contributed by atoms with Crippen molar-refractivity contribution >= 4 is 11.9 Å². The van der Waals surface area contributed by atoms with Crippen molar-refractivity contribution < 1.29 is 0 Å². The van der Waals surface area contributed by atoms with E-state index >= 15 is 0 Å². The Bertz CT molecular complexity index is 595. The summed E-state index contributed by atoms with van der Waals surface area (Å²) < 4.78 is 1.48. The molecule has 3 heterocycles. The van der Waals surface area contributed by atoms with E-state index in [-0.39, 0.29) is 5.95 Å². The molecule has 1 unspecified atom stereocenters. The van der Waals surface area contributed by atoms with Crippen molar-refractivity contribution in [3.8, 4) is 5.95 Å². The van der Waals surface area contributed by atoms with Crippen molar-refractivity contribution in [2.24, 2.45) is 0 Å². The Labute approximate surface area is 122 Å². The van der Waals surface area contributed by atoms with Crippen molar-refractivity contribution in [1.82, 2.24) is 34.6 Å². The second-order valence-electron chi connectivity index (χ2n) is 5.34. The second-order valence-corrected chi connectivity index (χ2v) is 5.34. The van der Waals surface area contributed by atoms with Gasteiger partial charge in [-0.1, -0.05) is 0 Å². The van der Waals surface area contributed by atoms with Crippen LogP contribution in [0, 0.1) is 0 Å². The molecule has 0 saturated carbocycles. The van der Waals surface area contributed by atoms with Crippen LogP contribution in [0.2, 0.25) is 0 Å². The van der Waals surface area contributed by atoms with Crippen LogP contribution in [0.1, 0.15) is 12.8 Å². The number of hydrogen-bond acceptors (Lipinski definition) is 8. The number of anilines is 2. The lowest BCUT2D eigenvalue weighted by atomic mass is 10.1. The molecule has 0 aliphatic carbocycles. The van der Waals surface area contributed by atoms with Crippen molar-refractivity contribution in [2.45, 2.75) is 18.9 Å². The monoisotopic (exact) mass is 289 g/mol. The maximum Gasteiger partial charge on any atom is 0.258 e. The highest BCUT2D eigenvalue weighted by Gasteiger charge is 2.24. The van der Waals surface area contributed by atoms with E-state index in [1.165, 1.54) is 23.8 Å². The van der Waals surface area contributed by atoms with E-state index in [1.54, 1.807) is 0 Å². The normalized spacial score (nSPS) is 19.2. The molecule has 9 heteroatoms.